The van der Waals surface area contributed by atoms with Crippen LogP contribution in [0.15, 0.2) is 17.5 Å². The number of carbonyl (C=O) groups excluding carboxylic acids is 1. The molecule has 1 amide bonds. The minimum absolute atomic E-state index is 0.000880. The Kier molecular flexibility index (Phi) is 5.64. The number of carbonyl (C=O) groups is 2. The predicted molar refractivity (Wildman–Crippen MR) is 71.3 cm³/mol. The van der Waals surface area contributed by atoms with Crippen LogP contribution in [0, 0.1) is 0 Å². The van der Waals surface area contributed by atoms with Gasteiger partial charge in [-0.3, -0.25) is 4.79 Å². The Morgan fingerprint density at radius 3 is 2.76 bits per heavy atom. The third-order valence-electron chi connectivity index (χ3n) is 2.51. The van der Waals surface area contributed by atoms with Crippen molar-refractivity contribution in [1.82, 2.24) is 4.90 Å². The third kappa shape index (κ3) is 4.12. The number of rotatable bonds is 6. The van der Waals surface area contributed by atoms with Gasteiger partial charge in [-0.05, 0) is 17.9 Å². The third-order valence-corrected chi connectivity index (χ3v) is 3.88. The monoisotopic (exact) mass is 319 g/mol. The van der Waals surface area contributed by atoms with Gasteiger partial charge in [0.15, 0.2) is 5.78 Å². The zero-order chi connectivity index (χ0) is 12.8. The van der Waals surface area contributed by atoms with Crippen molar-refractivity contribution in [1.29, 1.82) is 0 Å². The molecular weight excluding hydrogens is 306 g/mol. The Hall–Kier alpha value is -0.880. The lowest BCUT2D eigenvalue weighted by Gasteiger charge is -2.24. The van der Waals surface area contributed by atoms with Gasteiger partial charge in [0.25, 0.3) is 0 Å². The van der Waals surface area contributed by atoms with E-state index >= 15 is 0 Å². The lowest BCUT2D eigenvalue weighted by atomic mass is 10.1. The van der Waals surface area contributed by atoms with Crippen LogP contribution in [0.3, 0.4) is 0 Å². The summed E-state index contributed by atoms with van der Waals surface area (Å²) in [7, 11) is 1.50. The molecule has 0 aliphatic carbocycles. The van der Waals surface area contributed by atoms with Crippen molar-refractivity contribution in [2.24, 2.45) is 0 Å². The second kappa shape index (κ2) is 6.76. The molecule has 1 rings (SSSR count). The van der Waals surface area contributed by atoms with E-state index in [9.17, 15) is 9.59 Å². The first-order valence-electron chi connectivity index (χ1n) is 5.14. The first-order valence-corrected chi connectivity index (χ1v) is 7.14. The summed E-state index contributed by atoms with van der Waals surface area (Å²) in [6.07, 6.45) is -0.149. The van der Waals surface area contributed by atoms with E-state index in [2.05, 4.69) is 15.9 Å². The van der Waals surface area contributed by atoms with Crippen LogP contribution in [0.4, 0.5) is 4.79 Å². The topological polar surface area (TPSA) is 57.6 Å². The summed E-state index contributed by atoms with van der Waals surface area (Å²) in [4.78, 5) is 24.7. The summed E-state index contributed by atoms with van der Waals surface area (Å²) in [5, 5.41) is 11.4. The van der Waals surface area contributed by atoms with Gasteiger partial charge >= 0.3 is 6.09 Å². The molecule has 0 fully saturated rings. The van der Waals surface area contributed by atoms with Crippen LogP contribution in [0.25, 0.3) is 0 Å². The fourth-order valence-corrected chi connectivity index (χ4v) is 2.67. The fraction of sp³-hybridized carbons (Fsp3) is 0.455. The van der Waals surface area contributed by atoms with E-state index in [1.807, 2.05) is 11.4 Å². The molecule has 94 valence electrons. The molecule has 0 radical (unpaired) electrons. The molecule has 0 saturated carbocycles. The number of hydrogen-bond acceptors (Lipinski definition) is 3. The fourth-order valence-electron chi connectivity index (χ4n) is 1.47. The first-order chi connectivity index (χ1) is 8.06. The lowest BCUT2D eigenvalue weighted by molar-refractivity contribution is 0.0926. The number of thiophene rings is 1. The van der Waals surface area contributed by atoms with Crippen LogP contribution >= 0.6 is 27.3 Å². The molecule has 1 heterocycles. The number of amides is 1. The van der Waals surface area contributed by atoms with Crippen molar-refractivity contribution >= 4 is 39.1 Å². The molecule has 0 bridgehead atoms. The van der Waals surface area contributed by atoms with Crippen molar-refractivity contribution in [3.8, 4) is 0 Å². The van der Waals surface area contributed by atoms with Gasteiger partial charge in [-0.15, -0.1) is 11.3 Å². The lowest BCUT2D eigenvalue weighted by Crippen LogP contribution is -2.37. The summed E-state index contributed by atoms with van der Waals surface area (Å²) in [5.41, 5.74) is 0. The number of carboxylic acid groups (broad SMARTS) is 1. The molecule has 0 spiro atoms. The average Bonchev–Trinajstić information content (AvgIpc) is 2.80. The molecule has 1 aromatic rings. The van der Waals surface area contributed by atoms with Crippen LogP contribution in [0.2, 0.25) is 0 Å². The highest BCUT2D eigenvalue weighted by Crippen LogP contribution is 2.16. The number of hydrogen-bond donors (Lipinski definition) is 1. The maximum absolute atomic E-state index is 11.9. The number of Topliss-reactive ketones (excluding diaryl/α,β-unsaturated/α-hetero) is 1. The number of halogens is 1. The van der Waals surface area contributed by atoms with E-state index in [1.54, 1.807) is 6.07 Å². The number of nitrogens with zero attached hydrogens (tertiary/aromatic N) is 1. The van der Waals surface area contributed by atoms with Crippen LogP contribution in [0.5, 0.6) is 0 Å². The van der Waals surface area contributed by atoms with Crippen molar-refractivity contribution in [3.05, 3.63) is 22.4 Å². The summed E-state index contributed by atoms with van der Waals surface area (Å²) < 4.78 is 0. The minimum atomic E-state index is -1.00. The smallest absolute Gasteiger partial charge is 0.407 e. The molecule has 0 saturated heterocycles. The van der Waals surface area contributed by atoms with Gasteiger partial charge in [-0.1, -0.05) is 22.0 Å². The van der Waals surface area contributed by atoms with Gasteiger partial charge in [0.2, 0.25) is 0 Å². The van der Waals surface area contributed by atoms with Crippen LogP contribution < -0.4 is 0 Å². The van der Waals surface area contributed by atoms with Gasteiger partial charge in [-0.25, -0.2) is 4.79 Å². The maximum Gasteiger partial charge on any atom is 0.407 e. The summed E-state index contributed by atoms with van der Waals surface area (Å²) in [6.45, 7) is 0. The van der Waals surface area contributed by atoms with E-state index < -0.39 is 6.09 Å². The Labute approximate surface area is 112 Å². The Morgan fingerprint density at radius 1 is 1.59 bits per heavy atom. The largest absolute Gasteiger partial charge is 0.465 e. The Balaban J connectivity index is 2.66. The van der Waals surface area contributed by atoms with Crippen molar-refractivity contribution in [2.75, 3.05) is 12.4 Å². The molecule has 6 heteroatoms. The van der Waals surface area contributed by atoms with Crippen LogP contribution in [-0.4, -0.2) is 40.3 Å². The highest BCUT2D eigenvalue weighted by atomic mass is 79.9. The quantitative estimate of drug-likeness (QED) is 0.647. The zero-order valence-corrected chi connectivity index (χ0v) is 11.8. The standard InChI is InChI=1S/C11H14BrNO3S/c1-13(11(15)16)8(4-5-12)7-9(14)10-3-2-6-17-10/h2-3,6,8H,4-5,7H2,1H3,(H,15,16). The van der Waals surface area contributed by atoms with Gasteiger partial charge in [0.1, 0.15) is 0 Å². The molecule has 1 aromatic heterocycles. The normalized spacial score (nSPS) is 12.1. The van der Waals surface area contributed by atoms with Crippen molar-refractivity contribution in [2.45, 2.75) is 18.9 Å². The highest BCUT2D eigenvalue weighted by Gasteiger charge is 2.22. The van der Waals surface area contributed by atoms with Crippen LogP contribution in [-0.2, 0) is 0 Å². The van der Waals surface area contributed by atoms with E-state index in [4.69, 9.17) is 5.11 Å². The number of alkyl halides is 1. The summed E-state index contributed by atoms with van der Waals surface area (Å²) in [5.74, 6) is -0.000880. The second-order valence-electron chi connectivity index (χ2n) is 3.63. The maximum atomic E-state index is 11.9. The molecular formula is C11H14BrNO3S. The molecule has 0 aliphatic rings. The summed E-state index contributed by atoms with van der Waals surface area (Å²) in [6, 6.07) is 3.30. The Bertz CT molecular complexity index is 380. The molecule has 17 heavy (non-hydrogen) atoms. The molecule has 0 aliphatic heterocycles. The zero-order valence-electron chi connectivity index (χ0n) is 9.43. The SMILES string of the molecule is CN(C(=O)O)C(CCBr)CC(=O)c1cccs1. The van der Waals surface area contributed by atoms with E-state index in [0.717, 1.165) is 0 Å². The van der Waals surface area contributed by atoms with Gasteiger partial charge in [0.05, 0.1) is 4.88 Å². The number of ketones is 1. The Morgan fingerprint density at radius 2 is 2.29 bits per heavy atom. The molecule has 1 unspecified atom stereocenters. The average molecular weight is 320 g/mol. The van der Waals surface area contributed by atoms with E-state index in [-0.39, 0.29) is 18.2 Å². The molecule has 4 nitrogen and oxygen atoms in total. The predicted octanol–water partition coefficient (Wildman–Crippen LogP) is 3.08. The van der Waals surface area contributed by atoms with Crippen molar-refractivity contribution in [3.63, 3.8) is 0 Å². The van der Waals surface area contributed by atoms with Gasteiger partial charge in [-0.2, -0.15) is 0 Å². The van der Waals surface area contributed by atoms with Crippen LogP contribution in [0.1, 0.15) is 22.5 Å². The van der Waals surface area contributed by atoms with E-state index in [1.165, 1.54) is 23.3 Å². The van der Waals surface area contributed by atoms with Gasteiger partial charge in [0, 0.05) is 24.8 Å². The highest BCUT2D eigenvalue weighted by molar-refractivity contribution is 9.09. The first kappa shape index (κ1) is 14.2. The molecule has 1 N–H and O–H groups in total. The van der Waals surface area contributed by atoms with Gasteiger partial charge < -0.3 is 10.0 Å². The van der Waals surface area contributed by atoms with E-state index in [0.29, 0.717) is 16.6 Å². The summed E-state index contributed by atoms with van der Waals surface area (Å²) >= 11 is 4.66. The molecule has 1 atom stereocenters. The minimum Gasteiger partial charge on any atom is -0.465 e. The van der Waals surface area contributed by atoms with Crippen molar-refractivity contribution < 1.29 is 14.7 Å². The second-order valence-corrected chi connectivity index (χ2v) is 5.37. The molecule has 0 aromatic carbocycles.